The predicted molar refractivity (Wildman–Crippen MR) is 113 cm³/mol. The monoisotopic (exact) mass is 423 g/mol. The van der Waals surface area contributed by atoms with Crippen LogP contribution in [0.25, 0.3) is 0 Å². The summed E-state index contributed by atoms with van der Waals surface area (Å²) in [6.45, 7) is 6.51. The Bertz CT molecular complexity index is 880. The highest BCUT2D eigenvalue weighted by molar-refractivity contribution is 7.89. The van der Waals surface area contributed by atoms with Gasteiger partial charge in [0.25, 0.3) is 0 Å². The number of nitrogens with zero attached hydrogens (tertiary/aromatic N) is 1. The number of rotatable bonds is 9. The number of benzene rings is 2. The Labute approximate surface area is 171 Å². The van der Waals surface area contributed by atoms with E-state index < -0.39 is 10.0 Å². The Kier molecular flexibility index (Phi) is 8.00. The van der Waals surface area contributed by atoms with Crippen molar-refractivity contribution in [1.82, 2.24) is 9.62 Å². The van der Waals surface area contributed by atoms with Crippen molar-refractivity contribution in [3.8, 4) is 0 Å². The molecule has 0 radical (unpaired) electrons. The first kappa shape index (κ1) is 22.4. The predicted octanol–water partition coefficient (Wildman–Crippen LogP) is 3.66. The van der Waals surface area contributed by atoms with Gasteiger partial charge in [0.15, 0.2) is 0 Å². The molecule has 2 N–H and O–H groups in total. The molecule has 0 bridgehead atoms. The van der Waals surface area contributed by atoms with Crippen molar-refractivity contribution in [3.63, 3.8) is 0 Å². The smallest absolute Gasteiger partial charge is 0.243 e. The summed E-state index contributed by atoms with van der Waals surface area (Å²) < 4.78 is 26.4. The molecule has 0 aromatic heterocycles. The molecule has 0 unspecified atom stereocenters. The highest BCUT2D eigenvalue weighted by Crippen LogP contribution is 2.19. The average Bonchev–Trinajstić information content (AvgIpc) is 2.68. The number of anilines is 1. The maximum Gasteiger partial charge on any atom is 0.243 e. The highest BCUT2D eigenvalue weighted by Gasteiger charge is 2.21. The minimum absolute atomic E-state index is 0.00962. The van der Waals surface area contributed by atoms with Gasteiger partial charge in [-0.2, -0.15) is 4.31 Å². The summed E-state index contributed by atoms with van der Waals surface area (Å²) in [7, 11) is -3.50. The van der Waals surface area contributed by atoms with Crippen LogP contribution in [-0.4, -0.2) is 38.3 Å². The maximum atomic E-state index is 12.5. The summed E-state index contributed by atoms with van der Waals surface area (Å²) in [4.78, 5) is 12.4. The average molecular weight is 424 g/mol. The van der Waals surface area contributed by atoms with Gasteiger partial charge in [-0.05, 0) is 48.9 Å². The minimum atomic E-state index is -3.50. The zero-order valence-electron chi connectivity index (χ0n) is 16.3. The van der Waals surface area contributed by atoms with E-state index in [-0.39, 0.29) is 23.4 Å². The maximum absolute atomic E-state index is 12.5. The molecule has 6 nitrogen and oxygen atoms in total. The molecule has 2 rings (SSSR count). The molecule has 1 amide bonds. The van der Waals surface area contributed by atoms with Crippen LogP contribution >= 0.6 is 11.6 Å². The molecule has 0 spiro atoms. The molecular weight excluding hydrogens is 398 g/mol. The number of halogens is 1. The molecule has 0 saturated heterocycles. The lowest BCUT2D eigenvalue weighted by molar-refractivity contribution is -0.115. The van der Waals surface area contributed by atoms with E-state index in [9.17, 15) is 13.2 Å². The van der Waals surface area contributed by atoms with Crippen LogP contribution in [0.5, 0.6) is 0 Å². The number of nitrogens with one attached hydrogen (secondary N) is 2. The Hall–Kier alpha value is -1.93. The molecule has 0 aliphatic rings. The third-order valence-electron chi connectivity index (χ3n) is 4.42. The molecule has 0 heterocycles. The van der Waals surface area contributed by atoms with Gasteiger partial charge in [-0.1, -0.05) is 37.6 Å². The summed E-state index contributed by atoms with van der Waals surface area (Å²) in [5.74, 6) is -0.208. The van der Waals surface area contributed by atoms with Crippen LogP contribution in [0.2, 0.25) is 5.02 Å². The van der Waals surface area contributed by atoms with Crippen LogP contribution in [0.15, 0.2) is 53.4 Å². The molecular formula is C20H26ClN3O3S. The fraction of sp³-hybridized carbons (Fsp3) is 0.350. The standard InChI is InChI=1S/C20H26ClN3O3S/c1-4-24(5-2)28(26,27)19-12-10-18(11-13-19)23-20(25)14-22-15(3)16-6-8-17(21)9-7-16/h6-13,15,22H,4-5,14H2,1-3H3,(H,23,25)/t15-/m1/s1. The largest absolute Gasteiger partial charge is 0.325 e. The third kappa shape index (κ3) is 5.78. The van der Waals surface area contributed by atoms with E-state index in [2.05, 4.69) is 10.6 Å². The second-order valence-corrected chi connectivity index (χ2v) is 8.69. The van der Waals surface area contributed by atoms with Crippen molar-refractivity contribution in [3.05, 3.63) is 59.1 Å². The number of carbonyl (C=O) groups excluding carboxylic acids is 1. The Morgan fingerprint density at radius 2 is 1.61 bits per heavy atom. The highest BCUT2D eigenvalue weighted by atomic mass is 35.5. The molecule has 28 heavy (non-hydrogen) atoms. The van der Waals surface area contributed by atoms with E-state index in [0.717, 1.165) is 5.56 Å². The quantitative estimate of drug-likeness (QED) is 0.645. The molecule has 2 aromatic rings. The molecule has 0 saturated carbocycles. The van der Waals surface area contributed by atoms with Crippen molar-refractivity contribution >= 4 is 33.2 Å². The van der Waals surface area contributed by atoms with Crippen LogP contribution in [0, 0.1) is 0 Å². The van der Waals surface area contributed by atoms with Crippen molar-refractivity contribution in [2.24, 2.45) is 0 Å². The Morgan fingerprint density at radius 1 is 1.04 bits per heavy atom. The lowest BCUT2D eigenvalue weighted by Gasteiger charge is -2.18. The van der Waals surface area contributed by atoms with E-state index in [1.807, 2.05) is 31.2 Å². The van der Waals surface area contributed by atoms with Gasteiger partial charge in [0.1, 0.15) is 0 Å². The summed E-state index contributed by atoms with van der Waals surface area (Å²) in [6, 6.07) is 13.6. The molecule has 8 heteroatoms. The van der Waals surface area contributed by atoms with Crippen LogP contribution < -0.4 is 10.6 Å². The first-order valence-corrected chi connectivity index (χ1v) is 11.0. The first-order valence-electron chi connectivity index (χ1n) is 9.16. The molecule has 152 valence electrons. The first-order chi connectivity index (χ1) is 13.3. The van der Waals surface area contributed by atoms with Gasteiger partial charge >= 0.3 is 0 Å². The zero-order valence-corrected chi connectivity index (χ0v) is 17.8. The minimum Gasteiger partial charge on any atom is -0.325 e. The molecule has 0 aliphatic carbocycles. The fourth-order valence-corrected chi connectivity index (χ4v) is 4.33. The van der Waals surface area contributed by atoms with Gasteiger partial charge in [0, 0.05) is 29.8 Å². The SMILES string of the molecule is CCN(CC)S(=O)(=O)c1ccc(NC(=O)CN[C@H](C)c2ccc(Cl)cc2)cc1. The van der Waals surface area contributed by atoms with Crippen molar-refractivity contribution in [2.75, 3.05) is 25.0 Å². The van der Waals surface area contributed by atoms with Gasteiger partial charge in [-0.15, -0.1) is 0 Å². The van der Waals surface area contributed by atoms with Crippen molar-refractivity contribution in [2.45, 2.75) is 31.7 Å². The Morgan fingerprint density at radius 3 is 2.14 bits per heavy atom. The lowest BCUT2D eigenvalue weighted by atomic mass is 10.1. The Balaban J connectivity index is 1.93. The second-order valence-electron chi connectivity index (χ2n) is 6.32. The van der Waals surface area contributed by atoms with E-state index in [1.54, 1.807) is 26.0 Å². The van der Waals surface area contributed by atoms with E-state index >= 15 is 0 Å². The van der Waals surface area contributed by atoms with E-state index in [4.69, 9.17) is 11.6 Å². The summed E-state index contributed by atoms with van der Waals surface area (Å²) >= 11 is 5.88. The summed E-state index contributed by atoms with van der Waals surface area (Å²) in [5, 5.41) is 6.58. The van der Waals surface area contributed by atoms with Gasteiger partial charge in [-0.3, -0.25) is 4.79 Å². The lowest BCUT2D eigenvalue weighted by Crippen LogP contribution is -2.31. The summed E-state index contributed by atoms with van der Waals surface area (Å²) in [5.41, 5.74) is 1.58. The van der Waals surface area contributed by atoms with Gasteiger partial charge in [0.05, 0.1) is 11.4 Å². The summed E-state index contributed by atoms with van der Waals surface area (Å²) in [6.07, 6.45) is 0. The second kappa shape index (κ2) is 10.0. The zero-order chi connectivity index (χ0) is 20.7. The topological polar surface area (TPSA) is 78.5 Å². The number of hydrogen-bond donors (Lipinski definition) is 2. The number of sulfonamides is 1. The number of hydrogen-bond acceptors (Lipinski definition) is 4. The van der Waals surface area contributed by atoms with E-state index in [0.29, 0.717) is 23.8 Å². The van der Waals surface area contributed by atoms with Gasteiger partial charge in [-0.25, -0.2) is 8.42 Å². The van der Waals surface area contributed by atoms with Crippen molar-refractivity contribution < 1.29 is 13.2 Å². The third-order valence-corrected chi connectivity index (χ3v) is 6.74. The number of amides is 1. The fourth-order valence-electron chi connectivity index (χ4n) is 2.74. The molecule has 0 aliphatic heterocycles. The van der Waals surface area contributed by atoms with Crippen LogP contribution in [-0.2, 0) is 14.8 Å². The van der Waals surface area contributed by atoms with Crippen LogP contribution in [0.3, 0.4) is 0 Å². The van der Waals surface area contributed by atoms with E-state index in [1.165, 1.54) is 16.4 Å². The molecule has 1 atom stereocenters. The van der Waals surface area contributed by atoms with Gasteiger partial charge < -0.3 is 10.6 Å². The normalized spacial score (nSPS) is 12.8. The molecule has 0 fully saturated rings. The molecule has 2 aromatic carbocycles. The number of carbonyl (C=O) groups is 1. The van der Waals surface area contributed by atoms with Gasteiger partial charge in [0.2, 0.25) is 15.9 Å². The van der Waals surface area contributed by atoms with Crippen molar-refractivity contribution in [1.29, 1.82) is 0 Å². The van der Waals surface area contributed by atoms with Crippen LogP contribution in [0.1, 0.15) is 32.4 Å². The van der Waals surface area contributed by atoms with Crippen LogP contribution in [0.4, 0.5) is 5.69 Å².